The highest BCUT2D eigenvalue weighted by atomic mass is 16.1. The number of nitrogens with one attached hydrogen (secondary N) is 1. The summed E-state index contributed by atoms with van der Waals surface area (Å²) in [5, 5.41) is 3.01. The molecule has 5 N–H and O–H groups in total. The largest absolute Gasteiger partial charge is 0.355 e. The Morgan fingerprint density at radius 3 is 1.56 bits per heavy atom. The van der Waals surface area contributed by atoms with Gasteiger partial charge in [0.15, 0.2) is 0 Å². The molecule has 0 saturated heterocycles. The van der Waals surface area contributed by atoms with E-state index in [1.54, 1.807) is 0 Å². The van der Waals surface area contributed by atoms with Crippen molar-refractivity contribution < 1.29 is 4.79 Å². The van der Waals surface area contributed by atoms with Gasteiger partial charge < -0.3 is 16.8 Å². The first-order chi connectivity index (χ1) is 17.7. The maximum absolute atomic E-state index is 11.9. The van der Waals surface area contributed by atoms with Crippen LogP contribution in [0.1, 0.15) is 129 Å². The first-order valence-corrected chi connectivity index (χ1v) is 15.1. The van der Waals surface area contributed by atoms with Crippen molar-refractivity contribution >= 4 is 5.91 Å². The summed E-state index contributed by atoms with van der Waals surface area (Å²) in [5.41, 5.74) is 11.2. The van der Waals surface area contributed by atoms with Gasteiger partial charge in [-0.25, -0.2) is 0 Å². The van der Waals surface area contributed by atoms with E-state index in [2.05, 4.69) is 40.8 Å². The van der Waals surface area contributed by atoms with Gasteiger partial charge in [-0.15, -0.1) is 0 Å². The van der Waals surface area contributed by atoms with E-state index in [0.717, 1.165) is 51.7 Å². The number of hydrogen-bond donors (Lipinski definition) is 3. The van der Waals surface area contributed by atoms with E-state index in [4.69, 9.17) is 11.5 Å². The predicted molar refractivity (Wildman–Crippen MR) is 157 cm³/mol. The molecule has 0 fully saturated rings. The fraction of sp³-hybridized carbons (Fsp3) is 0.839. The second-order valence-electron chi connectivity index (χ2n) is 9.93. The van der Waals surface area contributed by atoms with Crippen LogP contribution in [0.25, 0.3) is 0 Å². The fourth-order valence-corrected chi connectivity index (χ4v) is 4.26. The monoisotopic (exact) mass is 502 g/mol. The molecule has 0 aromatic heterocycles. The molecule has 0 aromatic carbocycles. The zero-order valence-corrected chi connectivity index (χ0v) is 23.7. The Labute approximate surface area is 224 Å². The summed E-state index contributed by atoms with van der Waals surface area (Å²) in [6, 6.07) is 0. The average Bonchev–Trinajstić information content (AvgIpc) is 2.87. The number of carbonyl (C=O) groups excluding carboxylic acids is 1. The van der Waals surface area contributed by atoms with Gasteiger partial charge >= 0.3 is 0 Å². The number of rotatable bonds is 25. The molecule has 0 aliphatic rings. The van der Waals surface area contributed by atoms with Crippen molar-refractivity contribution in [2.24, 2.45) is 11.5 Å². The molecule has 0 radical (unpaired) electrons. The number of unbranched alkanes of at least 4 members (excludes halogenated alkanes) is 16. The molecule has 0 aliphatic carbocycles. The summed E-state index contributed by atoms with van der Waals surface area (Å²) in [6.07, 6.45) is 23.1. The van der Waals surface area contributed by atoms with Crippen LogP contribution in [0.15, 0.2) is 0 Å². The van der Waals surface area contributed by atoms with Crippen molar-refractivity contribution in [3.63, 3.8) is 0 Å². The van der Waals surface area contributed by atoms with Crippen LogP contribution in [-0.4, -0.2) is 50.1 Å². The molecule has 5 heteroatoms. The Hall–Kier alpha value is -1.53. The van der Waals surface area contributed by atoms with Crippen LogP contribution in [0.2, 0.25) is 0 Å². The van der Waals surface area contributed by atoms with Crippen LogP contribution in [0, 0.1) is 23.7 Å². The first-order valence-electron chi connectivity index (χ1n) is 15.1. The molecule has 0 heterocycles. The molecular weight excluding hydrogens is 444 g/mol. The highest BCUT2D eigenvalue weighted by Crippen LogP contribution is 2.11. The molecule has 0 aromatic rings. The molecule has 1 amide bonds. The van der Waals surface area contributed by atoms with Crippen molar-refractivity contribution in [2.75, 3.05) is 39.3 Å². The molecule has 0 spiro atoms. The van der Waals surface area contributed by atoms with Crippen molar-refractivity contribution in [3.8, 4) is 23.7 Å². The lowest BCUT2D eigenvalue weighted by Crippen LogP contribution is -2.39. The lowest BCUT2D eigenvalue weighted by atomic mass is 10.1. The summed E-state index contributed by atoms with van der Waals surface area (Å²) >= 11 is 0. The number of carbonyl (C=O) groups is 1. The molecule has 0 atom stereocenters. The molecule has 0 bridgehead atoms. The van der Waals surface area contributed by atoms with Crippen LogP contribution in [0.3, 0.4) is 0 Å². The Morgan fingerprint density at radius 1 is 0.639 bits per heavy atom. The minimum Gasteiger partial charge on any atom is -0.355 e. The topological polar surface area (TPSA) is 84.4 Å². The normalized spacial score (nSPS) is 10.6. The Balaban J connectivity index is 3.41. The smallest absolute Gasteiger partial charge is 0.220 e. The van der Waals surface area contributed by atoms with Crippen LogP contribution < -0.4 is 16.8 Å². The second-order valence-corrected chi connectivity index (χ2v) is 9.93. The predicted octanol–water partition coefficient (Wildman–Crippen LogP) is 5.76. The van der Waals surface area contributed by atoms with Gasteiger partial charge in [-0.05, 0) is 31.1 Å². The molecule has 36 heavy (non-hydrogen) atoms. The molecule has 0 saturated carbocycles. The molecule has 0 rings (SSSR count). The van der Waals surface area contributed by atoms with Crippen LogP contribution in [0.4, 0.5) is 0 Å². The number of nitrogens with two attached hydrogens (primary N) is 2. The Kier molecular flexibility index (Phi) is 28.4. The fourth-order valence-electron chi connectivity index (χ4n) is 4.26. The van der Waals surface area contributed by atoms with Gasteiger partial charge in [-0.3, -0.25) is 9.69 Å². The van der Waals surface area contributed by atoms with Gasteiger partial charge in [-0.1, -0.05) is 102 Å². The minimum absolute atomic E-state index is 0.153. The molecule has 5 nitrogen and oxygen atoms in total. The van der Waals surface area contributed by atoms with Crippen molar-refractivity contribution in [2.45, 2.75) is 129 Å². The summed E-state index contributed by atoms with van der Waals surface area (Å²) < 4.78 is 0. The van der Waals surface area contributed by atoms with Gasteiger partial charge in [0.1, 0.15) is 0 Å². The van der Waals surface area contributed by atoms with Crippen LogP contribution >= 0.6 is 0 Å². The first kappa shape index (κ1) is 34.5. The summed E-state index contributed by atoms with van der Waals surface area (Å²) in [6.45, 7) is 6.65. The van der Waals surface area contributed by atoms with E-state index in [9.17, 15) is 4.79 Å². The lowest BCUT2D eigenvalue weighted by Gasteiger charge is -2.20. The van der Waals surface area contributed by atoms with E-state index in [-0.39, 0.29) is 5.91 Å². The Bertz CT molecular complexity index is 593. The zero-order valence-electron chi connectivity index (χ0n) is 23.7. The maximum atomic E-state index is 11.9. The van der Waals surface area contributed by atoms with E-state index in [0.29, 0.717) is 26.1 Å². The van der Waals surface area contributed by atoms with Crippen molar-refractivity contribution in [1.82, 2.24) is 10.2 Å². The quantitative estimate of drug-likeness (QED) is 0.109. The van der Waals surface area contributed by atoms with Gasteiger partial charge in [0.25, 0.3) is 0 Å². The van der Waals surface area contributed by atoms with E-state index in [1.807, 2.05) is 0 Å². The van der Waals surface area contributed by atoms with Crippen LogP contribution in [-0.2, 0) is 4.79 Å². The lowest BCUT2D eigenvalue weighted by molar-refractivity contribution is -0.121. The third-order valence-electron chi connectivity index (χ3n) is 6.49. The summed E-state index contributed by atoms with van der Waals surface area (Å²) in [5.74, 6) is 12.6. The standard InChI is InChI=1S/C31H58N4O/c1-2-3-4-5-6-7-8-9-10-11-12-13-14-15-16-17-18-19-20-21-22-23-24-31(36)34-27-30-35(28-25-32)29-26-33/h2-12,17-30,32-33H2,1H3,(H,34,36). The Morgan fingerprint density at radius 2 is 1.08 bits per heavy atom. The number of nitrogens with zero attached hydrogens (tertiary/aromatic N) is 1. The van der Waals surface area contributed by atoms with Gasteiger partial charge in [-0.2, -0.15) is 0 Å². The number of hydrogen-bond acceptors (Lipinski definition) is 4. The third kappa shape index (κ3) is 27.1. The van der Waals surface area contributed by atoms with Crippen molar-refractivity contribution in [1.29, 1.82) is 0 Å². The molecule has 0 unspecified atom stereocenters. The zero-order chi connectivity index (χ0) is 26.4. The van der Waals surface area contributed by atoms with E-state index < -0.39 is 0 Å². The maximum Gasteiger partial charge on any atom is 0.220 e. The van der Waals surface area contributed by atoms with Gasteiger partial charge in [0.05, 0.1) is 0 Å². The third-order valence-corrected chi connectivity index (χ3v) is 6.49. The molecular formula is C31H58N4O. The minimum atomic E-state index is 0.153. The van der Waals surface area contributed by atoms with E-state index >= 15 is 0 Å². The summed E-state index contributed by atoms with van der Waals surface area (Å²) in [7, 11) is 0. The highest BCUT2D eigenvalue weighted by molar-refractivity contribution is 5.75. The van der Waals surface area contributed by atoms with Crippen LogP contribution in [0.5, 0.6) is 0 Å². The summed E-state index contributed by atoms with van der Waals surface area (Å²) in [4.78, 5) is 14.1. The van der Waals surface area contributed by atoms with E-state index in [1.165, 1.54) is 83.5 Å². The van der Waals surface area contributed by atoms with Gasteiger partial charge in [0, 0.05) is 58.5 Å². The second kappa shape index (κ2) is 29.7. The van der Waals surface area contributed by atoms with Gasteiger partial charge in [0.2, 0.25) is 5.91 Å². The molecule has 0 aliphatic heterocycles. The SMILES string of the molecule is CCCCCCCCCCCCC#CC#CCCCCCCCCC(=O)NCCN(CCN)CCN. The molecule has 208 valence electrons. The average molecular weight is 503 g/mol. The van der Waals surface area contributed by atoms with Crippen molar-refractivity contribution in [3.05, 3.63) is 0 Å². The highest BCUT2D eigenvalue weighted by Gasteiger charge is 2.04. The number of amides is 1.